The highest BCUT2D eigenvalue weighted by atomic mass is 15.5. The smallest absolute Gasteiger partial charge is 0.203 e. The first-order valence-electron chi connectivity index (χ1n) is 14.3. The molecule has 2 saturated heterocycles. The predicted molar refractivity (Wildman–Crippen MR) is 173 cm³/mol. The van der Waals surface area contributed by atoms with Gasteiger partial charge in [-0.25, -0.2) is 0 Å². The SMILES string of the molecule is N=C1N(c2ccccc2)CC(c2ccccc2C2CN(c3ccccc3)C(=N)N2c2ccccc2)N1c1ccccc1. The average Bonchev–Trinajstić information content (AvgIpc) is 3.59. The van der Waals surface area contributed by atoms with Crippen LogP contribution in [0.1, 0.15) is 23.2 Å². The van der Waals surface area contributed by atoms with Crippen molar-refractivity contribution in [2.75, 3.05) is 32.7 Å². The molecule has 7 rings (SSSR count). The summed E-state index contributed by atoms with van der Waals surface area (Å²) in [6.07, 6.45) is 0. The molecule has 0 radical (unpaired) electrons. The second kappa shape index (κ2) is 10.9. The molecule has 6 nitrogen and oxygen atoms in total. The van der Waals surface area contributed by atoms with Crippen molar-refractivity contribution in [1.29, 1.82) is 10.8 Å². The van der Waals surface area contributed by atoms with Crippen LogP contribution in [0.3, 0.4) is 0 Å². The molecule has 2 fully saturated rings. The van der Waals surface area contributed by atoms with Crippen LogP contribution in [-0.2, 0) is 0 Å². The van der Waals surface area contributed by atoms with Gasteiger partial charge in [0.2, 0.25) is 11.9 Å². The van der Waals surface area contributed by atoms with Crippen LogP contribution in [0.2, 0.25) is 0 Å². The van der Waals surface area contributed by atoms with Crippen molar-refractivity contribution in [3.8, 4) is 0 Å². The van der Waals surface area contributed by atoms with Crippen LogP contribution >= 0.6 is 0 Å². The molecule has 42 heavy (non-hydrogen) atoms. The van der Waals surface area contributed by atoms with Gasteiger partial charge in [0.15, 0.2) is 0 Å². The van der Waals surface area contributed by atoms with Crippen molar-refractivity contribution in [3.05, 3.63) is 157 Å². The quantitative estimate of drug-likeness (QED) is 0.228. The van der Waals surface area contributed by atoms with E-state index in [1.807, 2.05) is 72.8 Å². The lowest BCUT2D eigenvalue weighted by atomic mass is 9.93. The van der Waals surface area contributed by atoms with Gasteiger partial charge in [-0.3, -0.25) is 10.8 Å². The van der Waals surface area contributed by atoms with E-state index in [0.29, 0.717) is 25.0 Å². The summed E-state index contributed by atoms with van der Waals surface area (Å²) in [5.74, 6) is 0.911. The Bertz CT molecular complexity index is 1560. The molecule has 2 heterocycles. The average molecular weight is 549 g/mol. The number of hydrogen-bond donors (Lipinski definition) is 2. The zero-order chi connectivity index (χ0) is 28.5. The normalized spacial score (nSPS) is 18.7. The second-order valence-electron chi connectivity index (χ2n) is 10.6. The molecule has 2 atom stereocenters. The van der Waals surface area contributed by atoms with Crippen molar-refractivity contribution < 1.29 is 0 Å². The Morgan fingerprint density at radius 3 is 1.00 bits per heavy atom. The number of nitrogens with zero attached hydrogens (tertiary/aromatic N) is 4. The van der Waals surface area contributed by atoms with Gasteiger partial charge in [0.05, 0.1) is 25.2 Å². The number of rotatable bonds is 6. The molecule has 0 saturated carbocycles. The minimum Gasteiger partial charge on any atom is -0.310 e. The summed E-state index contributed by atoms with van der Waals surface area (Å²) in [4.78, 5) is 8.48. The Morgan fingerprint density at radius 1 is 0.381 bits per heavy atom. The van der Waals surface area contributed by atoms with Gasteiger partial charge in [-0.2, -0.15) is 0 Å². The molecule has 2 aliphatic rings. The third-order valence-electron chi connectivity index (χ3n) is 8.22. The third-order valence-corrected chi connectivity index (χ3v) is 8.22. The third kappa shape index (κ3) is 4.47. The van der Waals surface area contributed by atoms with Crippen LogP contribution in [0.4, 0.5) is 22.7 Å². The van der Waals surface area contributed by atoms with E-state index in [2.05, 4.69) is 92.4 Å². The first-order valence-corrected chi connectivity index (χ1v) is 14.3. The van der Waals surface area contributed by atoms with Crippen LogP contribution in [0.5, 0.6) is 0 Å². The van der Waals surface area contributed by atoms with Crippen LogP contribution in [-0.4, -0.2) is 25.0 Å². The van der Waals surface area contributed by atoms with Gasteiger partial charge in [-0.1, -0.05) is 97.1 Å². The number of para-hydroxylation sites is 4. The molecule has 0 bridgehead atoms. The van der Waals surface area contributed by atoms with E-state index in [1.165, 1.54) is 0 Å². The van der Waals surface area contributed by atoms with E-state index in [9.17, 15) is 10.8 Å². The Balaban J connectivity index is 1.35. The van der Waals surface area contributed by atoms with Gasteiger partial charge in [0, 0.05) is 22.7 Å². The van der Waals surface area contributed by atoms with E-state index >= 15 is 0 Å². The van der Waals surface area contributed by atoms with Gasteiger partial charge >= 0.3 is 0 Å². The van der Waals surface area contributed by atoms with Crippen LogP contribution in [0.15, 0.2) is 146 Å². The number of benzene rings is 5. The topological polar surface area (TPSA) is 60.7 Å². The number of anilines is 4. The van der Waals surface area contributed by atoms with E-state index in [0.717, 1.165) is 33.9 Å². The summed E-state index contributed by atoms with van der Waals surface area (Å²) in [6, 6.07) is 49.3. The standard InChI is InChI=1S/C36H32N6/c37-35-39(27-15-5-1-6-16-27)25-33(41(35)29-19-9-3-10-20-29)31-23-13-14-24-32(31)34-26-40(28-17-7-2-8-18-28)36(38)42(34)30-21-11-4-12-22-30/h1-24,33-34,37-38H,25-26H2. The Morgan fingerprint density at radius 2 is 0.667 bits per heavy atom. The van der Waals surface area contributed by atoms with Gasteiger partial charge in [-0.05, 0) is 59.7 Å². The molecule has 0 aliphatic carbocycles. The van der Waals surface area contributed by atoms with Crippen molar-refractivity contribution in [3.63, 3.8) is 0 Å². The lowest BCUT2D eigenvalue weighted by molar-refractivity contribution is 0.718. The number of hydrogen-bond acceptors (Lipinski definition) is 2. The highest BCUT2D eigenvalue weighted by Gasteiger charge is 2.42. The van der Waals surface area contributed by atoms with E-state index in [-0.39, 0.29) is 12.1 Å². The molecule has 5 aromatic rings. The van der Waals surface area contributed by atoms with Crippen molar-refractivity contribution in [1.82, 2.24) is 0 Å². The lowest BCUT2D eigenvalue weighted by Crippen LogP contribution is -2.34. The summed E-state index contributed by atoms with van der Waals surface area (Å²) in [7, 11) is 0. The van der Waals surface area contributed by atoms with Gasteiger partial charge in [0.1, 0.15) is 0 Å². The highest BCUT2D eigenvalue weighted by molar-refractivity contribution is 6.09. The molecule has 6 heteroatoms. The van der Waals surface area contributed by atoms with Crippen LogP contribution < -0.4 is 19.6 Å². The Kier molecular flexibility index (Phi) is 6.64. The molecule has 2 aliphatic heterocycles. The van der Waals surface area contributed by atoms with Gasteiger partial charge in [0.25, 0.3) is 0 Å². The fraction of sp³-hybridized carbons (Fsp3) is 0.111. The molecule has 0 aromatic heterocycles. The largest absolute Gasteiger partial charge is 0.310 e. The molecule has 0 spiro atoms. The maximum atomic E-state index is 9.35. The fourth-order valence-electron chi connectivity index (χ4n) is 6.28. The zero-order valence-corrected chi connectivity index (χ0v) is 23.2. The highest BCUT2D eigenvalue weighted by Crippen LogP contribution is 2.43. The fourth-order valence-corrected chi connectivity index (χ4v) is 6.28. The second-order valence-corrected chi connectivity index (χ2v) is 10.6. The Hall–Kier alpha value is -5.36. The minimum atomic E-state index is -0.0890. The summed E-state index contributed by atoms with van der Waals surface area (Å²) < 4.78 is 0. The van der Waals surface area contributed by atoms with Crippen molar-refractivity contribution >= 4 is 34.7 Å². The van der Waals surface area contributed by atoms with E-state index in [1.54, 1.807) is 0 Å². The number of nitrogens with one attached hydrogen (secondary N) is 2. The monoisotopic (exact) mass is 548 g/mol. The van der Waals surface area contributed by atoms with E-state index < -0.39 is 0 Å². The zero-order valence-electron chi connectivity index (χ0n) is 23.2. The molecular weight excluding hydrogens is 516 g/mol. The van der Waals surface area contributed by atoms with Crippen LogP contribution in [0.25, 0.3) is 0 Å². The molecular formula is C36H32N6. The lowest BCUT2D eigenvalue weighted by Gasteiger charge is -2.31. The molecule has 0 amide bonds. The van der Waals surface area contributed by atoms with Crippen molar-refractivity contribution in [2.24, 2.45) is 0 Å². The maximum Gasteiger partial charge on any atom is 0.203 e. The summed E-state index contributed by atoms with van der Waals surface area (Å²) in [6.45, 7) is 1.29. The van der Waals surface area contributed by atoms with Gasteiger partial charge in [-0.15, -0.1) is 0 Å². The van der Waals surface area contributed by atoms with Crippen molar-refractivity contribution in [2.45, 2.75) is 12.1 Å². The molecule has 206 valence electrons. The van der Waals surface area contributed by atoms with E-state index in [4.69, 9.17) is 0 Å². The summed E-state index contributed by atoms with van der Waals surface area (Å²) in [5, 5.41) is 18.7. The summed E-state index contributed by atoms with van der Waals surface area (Å²) >= 11 is 0. The summed E-state index contributed by atoms with van der Waals surface area (Å²) in [5.41, 5.74) is 6.33. The minimum absolute atomic E-state index is 0.0890. The maximum absolute atomic E-state index is 9.35. The Labute approximate surface area is 246 Å². The number of guanidine groups is 2. The first-order chi connectivity index (χ1) is 20.7. The van der Waals surface area contributed by atoms with Crippen LogP contribution in [0, 0.1) is 10.8 Å². The van der Waals surface area contributed by atoms with Gasteiger partial charge < -0.3 is 19.6 Å². The molecule has 2 N–H and O–H groups in total. The first kappa shape index (κ1) is 25.6. The molecule has 2 unspecified atom stereocenters. The molecule has 5 aromatic carbocycles. The predicted octanol–water partition coefficient (Wildman–Crippen LogP) is 7.69.